The molecule has 88 valence electrons. The highest BCUT2D eigenvalue weighted by Gasteiger charge is 2.04. The molecule has 0 aliphatic rings. The van der Waals surface area contributed by atoms with Crippen molar-refractivity contribution in [3.8, 4) is 0 Å². The maximum absolute atomic E-state index is 11.6. The summed E-state index contributed by atoms with van der Waals surface area (Å²) in [5.74, 6) is 1.20. The number of nitrogens with zero attached hydrogens (tertiary/aromatic N) is 1. The minimum Gasteiger partial charge on any atom is -0.372 e. The summed E-state index contributed by atoms with van der Waals surface area (Å²) < 4.78 is 0. The molecule has 1 aromatic carbocycles. The summed E-state index contributed by atoms with van der Waals surface area (Å²) in [6.07, 6.45) is 0. The molecule has 1 aromatic heterocycles. The van der Waals surface area contributed by atoms with Gasteiger partial charge in [0.15, 0.2) is 0 Å². The molecule has 4 N–H and O–H groups in total. The summed E-state index contributed by atoms with van der Waals surface area (Å²) in [5.41, 5.74) is 0.735. The van der Waals surface area contributed by atoms with E-state index in [9.17, 15) is 4.79 Å². The number of amides is 2. The summed E-state index contributed by atoms with van der Waals surface area (Å²) in [6, 6.07) is 10.6. The van der Waals surface area contributed by atoms with Crippen LogP contribution in [0.1, 0.15) is 0 Å². The summed E-state index contributed by atoms with van der Waals surface area (Å²) >= 11 is 0. The Balaban J connectivity index is 1.93. The number of H-pyrrole nitrogens is 1. The second-order valence-electron chi connectivity index (χ2n) is 3.36. The predicted octanol–water partition coefficient (Wildman–Crippen LogP) is 2.10. The number of hydrogen-bond acceptors (Lipinski definition) is 3. The molecule has 0 aliphatic carbocycles. The molecular weight excluding hydrogens is 218 g/mol. The third-order valence-corrected chi connectivity index (χ3v) is 2.11. The minimum absolute atomic E-state index is 0.317. The van der Waals surface area contributed by atoms with Crippen molar-refractivity contribution in [1.82, 2.24) is 10.2 Å². The van der Waals surface area contributed by atoms with E-state index in [2.05, 4.69) is 26.1 Å². The zero-order valence-electron chi connectivity index (χ0n) is 9.32. The molecule has 0 atom stereocenters. The number of carbonyl (C=O) groups excluding carboxylic acids is 1. The number of para-hydroxylation sites is 1. The van der Waals surface area contributed by atoms with Crippen LogP contribution in [0.4, 0.5) is 22.1 Å². The lowest BCUT2D eigenvalue weighted by Gasteiger charge is -2.04. The van der Waals surface area contributed by atoms with Gasteiger partial charge in [0.2, 0.25) is 0 Å². The van der Waals surface area contributed by atoms with E-state index in [1.54, 1.807) is 13.1 Å². The van der Waals surface area contributed by atoms with E-state index in [4.69, 9.17) is 0 Å². The topological polar surface area (TPSA) is 81.8 Å². The average Bonchev–Trinajstić information content (AvgIpc) is 2.78. The minimum atomic E-state index is -0.317. The van der Waals surface area contributed by atoms with Gasteiger partial charge in [-0.25, -0.2) is 4.79 Å². The maximum atomic E-state index is 11.6. The number of carbonyl (C=O) groups is 1. The first-order valence-corrected chi connectivity index (χ1v) is 5.14. The second-order valence-corrected chi connectivity index (χ2v) is 3.36. The molecule has 0 fully saturated rings. The lowest BCUT2D eigenvalue weighted by molar-refractivity contribution is 0.262. The molecule has 0 saturated carbocycles. The summed E-state index contributed by atoms with van der Waals surface area (Å²) in [5, 5.41) is 14.8. The van der Waals surface area contributed by atoms with Crippen molar-refractivity contribution in [2.45, 2.75) is 0 Å². The highest BCUT2D eigenvalue weighted by Crippen LogP contribution is 2.10. The van der Waals surface area contributed by atoms with Gasteiger partial charge < -0.3 is 10.6 Å². The van der Waals surface area contributed by atoms with Gasteiger partial charge in [0, 0.05) is 18.8 Å². The number of anilines is 3. The van der Waals surface area contributed by atoms with Crippen LogP contribution in [0.3, 0.4) is 0 Å². The molecule has 0 unspecified atom stereocenters. The van der Waals surface area contributed by atoms with Crippen LogP contribution in [0, 0.1) is 0 Å². The Labute approximate surface area is 98.4 Å². The predicted molar refractivity (Wildman–Crippen MR) is 67.2 cm³/mol. The Morgan fingerprint density at radius 2 is 2.00 bits per heavy atom. The van der Waals surface area contributed by atoms with Crippen LogP contribution in [0.2, 0.25) is 0 Å². The number of rotatable bonds is 3. The fourth-order valence-electron chi connectivity index (χ4n) is 1.32. The molecule has 6 nitrogen and oxygen atoms in total. The van der Waals surface area contributed by atoms with Crippen molar-refractivity contribution in [3.05, 3.63) is 36.4 Å². The molecule has 0 saturated heterocycles. The maximum Gasteiger partial charge on any atom is 0.324 e. The zero-order valence-corrected chi connectivity index (χ0v) is 9.32. The fourth-order valence-corrected chi connectivity index (χ4v) is 1.32. The lowest BCUT2D eigenvalue weighted by atomic mass is 10.3. The summed E-state index contributed by atoms with van der Waals surface area (Å²) in [6.45, 7) is 0. The fraction of sp³-hybridized carbons (Fsp3) is 0.0909. The first-order chi connectivity index (χ1) is 8.28. The monoisotopic (exact) mass is 231 g/mol. The van der Waals surface area contributed by atoms with Gasteiger partial charge in [-0.15, -0.1) is 0 Å². The van der Waals surface area contributed by atoms with Gasteiger partial charge >= 0.3 is 6.03 Å². The van der Waals surface area contributed by atoms with E-state index >= 15 is 0 Å². The van der Waals surface area contributed by atoms with Crippen molar-refractivity contribution < 1.29 is 4.79 Å². The third-order valence-electron chi connectivity index (χ3n) is 2.11. The van der Waals surface area contributed by atoms with Crippen molar-refractivity contribution in [3.63, 3.8) is 0 Å². The molecule has 1 heterocycles. The largest absolute Gasteiger partial charge is 0.372 e. The first kappa shape index (κ1) is 11.0. The first-order valence-electron chi connectivity index (χ1n) is 5.14. The third kappa shape index (κ3) is 2.97. The van der Waals surface area contributed by atoms with Crippen LogP contribution < -0.4 is 16.0 Å². The van der Waals surface area contributed by atoms with E-state index in [1.165, 1.54) is 0 Å². The number of urea groups is 1. The van der Waals surface area contributed by atoms with Gasteiger partial charge in [0.05, 0.1) is 0 Å². The van der Waals surface area contributed by atoms with Crippen LogP contribution in [0.5, 0.6) is 0 Å². The van der Waals surface area contributed by atoms with E-state index in [0.29, 0.717) is 11.6 Å². The molecule has 2 amide bonds. The molecule has 2 aromatic rings. The van der Waals surface area contributed by atoms with Crippen molar-refractivity contribution in [2.24, 2.45) is 0 Å². The van der Waals surface area contributed by atoms with Crippen molar-refractivity contribution in [1.29, 1.82) is 0 Å². The number of aromatic nitrogens is 2. The molecule has 17 heavy (non-hydrogen) atoms. The molecule has 0 aliphatic heterocycles. The van der Waals surface area contributed by atoms with Gasteiger partial charge in [-0.3, -0.25) is 10.4 Å². The summed E-state index contributed by atoms with van der Waals surface area (Å²) in [7, 11) is 1.75. The van der Waals surface area contributed by atoms with Gasteiger partial charge in [-0.1, -0.05) is 18.2 Å². The molecule has 0 bridgehead atoms. The standard InChI is InChI=1S/C11H13N5O/c1-12-9-7-10(16-15-9)14-11(17)13-8-5-3-2-4-6-8/h2-7H,1H3,(H4,12,13,14,15,16,17). The van der Waals surface area contributed by atoms with E-state index in [0.717, 1.165) is 5.69 Å². The van der Waals surface area contributed by atoms with Crippen molar-refractivity contribution in [2.75, 3.05) is 23.0 Å². The van der Waals surface area contributed by atoms with Crippen LogP contribution in [0.25, 0.3) is 0 Å². The van der Waals surface area contributed by atoms with Crippen LogP contribution in [-0.2, 0) is 0 Å². The average molecular weight is 231 g/mol. The van der Waals surface area contributed by atoms with E-state index in [-0.39, 0.29) is 6.03 Å². The van der Waals surface area contributed by atoms with Crippen molar-refractivity contribution >= 4 is 23.4 Å². The molecule has 2 rings (SSSR count). The van der Waals surface area contributed by atoms with Crippen LogP contribution in [-0.4, -0.2) is 23.3 Å². The normalized spacial score (nSPS) is 9.71. The Morgan fingerprint density at radius 1 is 1.24 bits per heavy atom. The molecule has 0 radical (unpaired) electrons. The Kier molecular flexibility index (Phi) is 3.25. The molecule has 0 spiro atoms. The van der Waals surface area contributed by atoms with E-state index < -0.39 is 0 Å². The number of aromatic amines is 1. The van der Waals surface area contributed by atoms with Gasteiger partial charge in [-0.05, 0) is 12.1 Å². The molecule has 6 heteroatoms. The van der Waals surface area contributed by atoms with Gasteiger partial charge in [-0.2, -0.15) is 5.10 Å². The Bertz CT molecular complexity index is 494. The van der Waals surface area contributed by atoms with Gasteiger partial charge in [0.1, 0.15) is 11.6 Å². The van der Waals surface area contributed by atoms with Crippen LogP contribution in [0.15, 0.2) is 36.4 Å². The number of nitrogens with one attached hydrogen (secondary N) is 4. The second kappa shape index (κ2) is 5.02. The molecular formula is C11H13N5O. The quantitative estimate of drug-likeness (QED) is 0.653. The smallest absolute Gasteiger partial charge is 0.324 e. The highest BCUT2D eigenvalue weighted by molar-refractivity contribution is 5.99. The van der Waals surface area contributed by atoms with E-state index in [1.807, 2.05) is 30.3 Å². The summed E-state index contributed by atoms with van der Waals surface area (Å²) in [4.78, 5) is 11.6. The highest BCUT2D eigenvalue weighted by atomic mass is 16.2. The number of benzene rings is 1. The Hall–Kier alpha value is -2.50. The number of hydrogen-bond donors (Lipinski definition) is 4. The zero-order chi connectivity index (χ0) is 12.1. The van der Waals surface area contributed by atoms with Gasteiger partial charge in [0.25, 0.3) is 0 Å². The lowest BCUT2D eigenvalue weighted by Crippen LogP contribution is -2.19. The Morgan fingerprint density at radius 3 is 2.65 bits per heavy atom. The van der Waals surface area contributed by atoms with Crippen LogP contribution >= 0.6 is 0 Å². The SMILES string of the molecule is CNc1cc(NC(=O)Nc2ccccc2)[nH]n1.